The van der Waals surface area contributed by atoms with Crippen LogP contribution in [0.15, 0.2) is 3.21 Å². The van der Waals surface area contributed by atoms with Gasteiger partial charge in [-0.25, -0.2) is 3.21 Å². The fourth-order valence-corrected chi connectivity index (χ4v) is 1.81. The predicted octanol–water partition coefficient (Wildman–Crippen LogP) is 1.04. The Hall–Kier alpha value is 0.0700. The summed E-state index contributed by atoms with van der Waals surface area (Å²) >= 11 is 0.0475. The van der Waals surface area contributed by atoms with E-state index in [1.165, 1.54) is 0 Å². The highest BCUT2D eigenvalue weighted by molar-refractivity contribution is 14.2. The normalized spacial score (nSPS) is 17.6. The predicted molar refractivity (Wildman–Crippen MR) is 40.9 cm³/mol. The van der Waals surface area contributed by atoms with Crippen LogP contribution in [-0.4, -0.2) is 9.97 Å². The van der Waals surface area contributed by atoms with Crippen molar-refractivity contribution in [2.45, 2.75) is 13.3 Å². The van der Waals surface area contributed by atoms with Crippen LogP contribution in [0.4, 0.5) is 0 Å². The molecule has 0 amide bonds. The van der Waals surface area contributed by atoms with Crippen molar-refractivity contribution in [1.29, 1.82) is 0 Å². The Kier molecular flexibility index (Phi) is 1.78. The largest absolute Gasteiger partial charge is 0.344 e. The standard InChI is InChI=1S/C4H7IN2/c1-2-4-6-3-5-7-4/h3H,2H2,1H3,(H,6,7). The maximum Gasteiger partial charge on any atom is 0.112 e. The van der Waals surface area contributed by atoms with E-state index in [1.807, 2.05) is 0 Å². The first-order valence-electron chi connectivity index (χ1n) is 2.21. The molecule has 0 unspecified atom stereocenters. The maximum atomic E-state index is 4.21. The molecule has 1 aliphatic heterocycles. The molecule has 3 heteroatoms. The quantitative estimate of drug-likeness (QED) is 0.642. The zero-order chi connectivity index (χ0) is 5.11. The maximum absolute atomic E-state index is 4.21. The van der Waals surface area contributed by atoms with Crippen LogP contribution in [0.3, 0.4) is 0 Å². The zero-order valence-electron chi connectivity index (χ0n) is 4.11. The third-order valence-corrected chi connectivity index (χ3v) is 2.21. The average Bonchev–Trinajstić information content (AvgIpc) is 2.14. The molecule has 0 atom stereocenters. The molecule has 0 saturated carbocycles. The van der Waals surface area contributed by atoms with Gasteiger partial charge >= 0.3 is 0 Å². The molecule has 7 heavy (non-hydrogen) atoms. The lowest BCUT2D eigenvalue weighted by atomic mass is 10.4. The van der Waals surface area contributed by atoms with Gasteiger partial charge in [-0.1, -0.05) is 6.92 Å². The lowest BCUT2D eigenvalue weighted by Gasteiger charge is -1.89. The van der Waals surface area contributed by atoms with Gasteiger partial charge in [-0.3, -0.25) is 0 Å². The number of hydrogen-bond donors (Lipinski definition) is 1. The minimum Gasteiger partial charge on any atom is -0.344 e. The molecule has 0 spiro atoms. The highest BCUT2D eigenvalue weighted by Gasteiger charge is 1.92. The molecule has 0 fully saturated rings. The van der Waals surface area contributed by atoms with Gasteiger partial charge in [-0.05, 0) is 0 Å². The number of nitrogens with one attached hydrogen (secondary N) is 1. The third-order valence-electron chi connectivity index (χ3n) is 0.756. The summed E-state index contributed by atoms with van der Waals surface area (Å²) in [5, 5.41) is 3.08. The number of rotatable bonds is 1. The molecule has 0 aromatic carbocycles. The number of hydrogen-bond acceptors (Lipinski definition) is 2. The molecular weight excluding hydrogens is 203 g/mol. The van der Waals surface area contributed by atoms with Crippen molar-refractivity contribution in [3.05, 3.63) is 0 Å². The van der Waals surface area contributed by atoms with Crippen LogP contribution in [0.2, 0.25) is 0 Å². The first-order valence-corrected chi connectivity index (χ1v) is 4.42. The summed E-state index contributed by atoms with van der Waals surface area (Å²) in [6.07, 6.45) is 1.05. The first kappa shape index (κ1) is 5.21. The van der Waals surface area contributed by atoms with Crippen molar-refractivity contribution in [3.8, 4) is 0 Å². The lowest BCUT2D eigenvalue weighted by molar-refractivity contribution is 1.21. The van der Waals surface area contributed by atoms with Gasteiger partial charge in [0.25, 0.3) is 0 Å². The fraction of sp³-hybridized carbons (Fsp3) is 0.500. The van der Waals surface area contributed by atoms with E-state index in [0.29, 0.717) is 0 Å². The summed E-state index contributed by atoms with van der Waals surface area (Å²) in [5.74, 6) is 1.16. The average molecular weight is 210 g/mol. The van der Waals surface area contributed by atoms with Crippen LogP contribution >= 0.6 is 21.0 Å². The Morgan fingerprint density at radius 1 is 2.00 bits per heavy atom. The highest BCUT2D eigenvalue weighted by Crippen LogP contribution is 2.02. The van der Waals surface area contributed by atoms with Crippen LogP contribution in [-0.2, 0) is 0 Å². The smallest absolute Gasteiger partial charge is 0.112 e. The molecule has 0 saturated heterocycles. The van der Waals surface area contributed by atoms with Crippen molar-refractivity contribution in [3.63, 3.8) is 0 Å². The second-order valence-corrected chi connectivity index (χ2v) is 2.90. The van der Waals surface area contributed by atoms with Crippen LogP contribution in [0.25, 0.3) is 0 Å². The molecule has 0 radical (unpaired) electrons. The Labute approximate surface area is 53.1 Å². The van der Waals surface area contributed by atoms with Crippen LogP contribution < -0.4 is 5.32 Å². The molecule has 40 valence electrons. The van der Waals surface area contributed by atoms with Crippen molar-refractivity contribution in [2.75, 3.05) is 0 Å². The van der Waals surface area contributed by atoms with Crippen LogP contribution in [0, 0.1) is 0 Å². The minimum atomic E-state index is 0.0475. The summed E-state index contributed by atoms with van der Waals surface area (Å²) in [6.45, 7) is 2.11. The van der Waals surface area contributed by atoms with Gasteiger partial charge in [0.1, 0.15) is 5.84 Å². The topological polar surface area (TPSA) is 24.4 Å². The van der Waals surface area contributed by atoms with E-state index in [-0.39, 0.29) is 21.0 Å². The van der Waals surface area contributed by atoms with Gasteiger partial charge in [0.05, 0.1) is 4.14 Å². The van der Waals surface area contributed by atoms with Crippen molar-refractivity contribution >= 4 is 31.0 Å². The molecule has 2 nitrogen and oxygen atoms in total. The summed E-state index contributed by atoms with van der Waals surface area (Å²) in [5.41, 5.74) is 0. The summed E-state index contributed by atoms with van der Waals surface area (Å²) < 4.78 is 6.28. The summed E-state index contributed by atoms with van der Waals surface area (Å²) in [7, 11) is 0. The molecule has 0 aliphatic carbocycles. The Morgan fingerprint density at radius 2 is 2.86 bits per heavy atom. The molecule has 0 aromatic rings. The molecule has 1 aliphatic rings. The molecular formula is C4H7IN2. The Balaban J connectivity index is 2.45. The van der Waals surface area contributed by atoms with E-state index >= 15 is 0 Å². The van der Waals surface area contributed by atoms with Gasteiger partial charge in [-0.2, -0.15) is 0 Å². The van der Waals surface area contributed by atoms with Crippen molar-refractivity contribution in [1.82, 2.24) is 5.32 Å². The van der Waals surface area contributed by atoms with E-state index < -0.39 is 0 Å². The van der Waals surface area contributed by atoms with Crippen molar-refractivity contribution < 1.29 is 0 Å². The third kappa shape index (κ3) is 1.22. The molecule has 1 heterocycles. The van der Waals surface area contributed by atoms with Gasteiger partial charge < -0.3 is 5.32 Å². The van der Waals surface area contributed by atoms with E-state index in [9.17, 15) is 0 Å². The fourth-order valence-electron chi connectivity index (χ4n) is 0.357. The van der Waals surface area contributed by atoms with E-state index in [1.54, 1.807) is 0 Å². The monoisotopic (exact) mass is 210 g/mol. The second-order valence-electron chi connectivity index (χ2n) is 1.24. The van der Waals surface area contributed by atoms with Crippen LogP contribution in [0.5, 0.6) is 0 Å². The van der Waals surface area contributed by atoms with Crippen molar-refractivity contribution in [2.24, 2.45) is 3.21 Å². The molecule has 0 bridgehead atoms. The van der Waals surface area contributed by atoms with E-state index in [4.69, 9.17) is 0 Å². The van der Waals surface area contributed by atoms with E-state index in [2.05, 4.69) is 19.6 Å². The van der Waals surface area contributed by atoms with Gasteiger partial charge in [0, 0.05) is 27.4 Å². The SMILES string of the molecule is CCC1=NI=CN1. The lowest BCUT2D eigenvalue weighted by Crippen LogP contribution is -2.15. The molecule has 1 rings (SSSR count). The molecule has 1 N–H and O–H groups in total. The Bertz CT molecular complexity index is 117. The zero-order valence-corrected chi connectivity index (χ0v) is 6.27. The number of amidine groups is 1. The van der Waals surface area contributed by atoms with Gasteiger partial charge in [0.15, 0.2) is 0 Å². The first-order chi connectivity index (χ1) is 3.43. The van der Waals surface area contributed by atoms with Gasteiger partial charge in [0.2, 0.25) is 0 Å². The summed E-state index contributed by atoms with van der Waals surface area (Å²) in [4.78, 5) is 0. The minimum absolute atomic E-state index is 0.0475. The second kappa shape index (κ2) is 2.40. The highest BCUT2D eigenvalue weighted by atomic mass is 127. The summed E-state index contributed by atoms with van der Waals surface area (Å²) in [6, 6.07) is 0. The Morgan fingerprint density at radius 3 is 3.14 bits per heavy atom. The van der Waals surface area contributed by atoms with Gasteiger partial charge in [-0.15, -0.1) is 0 Å². The van der Waals surface area contributed by atoms with Crippen LogP contribution in [0.1, 0.15) is 13.3 Å². The number of halogens is 1. The van der Waals surface area contributed by atoms with E-state index in [0.717, 1.165) is 12.3 Å². The molecule has 0 aromatic heterocycles. The number of nitrogens with zero attached hydrogens (tertiary/aromatic N) is 1.